The minimum Gasteiger partial charge on any atom is -0.373 e. The predicted octanol–water partition coefficient (Wildman–Crippen LogP) is 0.308. The largest absolute Gasteiger partial charge is 0.373 e. The van der Waals surface area contributed by atoms with Gasteiger partial charge in [0.15, 0.2) is 0 Å². The number of sulfone groups is 1. The Morgan fingerprint density at radius 1 is 1.41 bits per heavy atom. The molecule has 0 saturated heterocycles. The summed E-state index contributed by atoms with van der Waals surface area (Å²) in [6, 6.07) is 0. The van der Waals surface area contributed by atoms with E-state index in [0.29, 0.717) is 6.54 Å². The van der Waals surface area contributed by atoms with Crippen LogP contribution in [-0.4, -0.2) is 51.0 Å². The van der Waals surface area contributed by atoms with Crippen molar-refractivity contribution in [3.05, 3.63) is 11.9 Å². The van der Waals surface area contributed by atoms with Gasteiger partial charge in [-0.05, 0) is 6.92 Å². The summed E-state index contributed by atoms with van der Waals surface area (Å²) >= 11 is 0. The van der Waals surface area contributed by atoms with Crippen LogP contribution in [0.5, 0.6) is 0 Å². The van der Waals surface area contributed by atoms with Crippen LogP contribution in [0, 0.1) is 6.92 Å². The van der Waals surface area contributed by atoms with Crippen molar-refractivity contribution >= 4 is 21.5 Å². The van der Waals surface area contributed by atoms with E-state index in [1.165, 1.54) is 12.6 Å². The van der Waals surface area contributed by atoms with Crippen LogP contribution in [0.4, 0.5) is 11.6 Å². The van der Waals surface area contributed by atoms with Crippen molar-refractivity contribution in [2.45, 2.75) is 6.92 Å². The lowest BCUT2D eigenvalue weighted by Gasteiger charge is -2.20. The van der Waals surface area contributed by atoms with Crippen LogP contribution in [0.3, 0.4) is 0 Å². The summed E-state index contributed by atoms with van der Waals surface area (Å²) in [7, 11) is 0.650. The number of anilines is 2. The van der Waals surface area contributed by atoms with E-state index in [1.807, 2.05) is 18.9 Å². The lowest BCUT2D eigenvalue weighted by molar-refractivity contribution is 0.601. The summed E-state index contributed by atoms with van der Waals surface area (Å²) in [4.78, 5) is 10.1. The van der Waals surface area contributed by atoms with Gasteiger partial charge in [-0.2, -0.15) is 0 Å². The second kappa shape index (κ2) is 5.31. The molecule has 1 aromatic rings. The molecule has 0 unspecified atom stereocenters. The van der Waals surface area contributed by atoms with Crippen molar-refractivity contribution in [2.75, 3.05) is 42.9 Å². The molecule has 0 spiro atoms. The van der Waals surface area contributed by atoms with Gasteiger partial charge in [-0.15, -0.1) is 0 Å². The van der Waals surface area contributed by atoms with Gasteiger partial charge in [0, 0.05) is 32.5 Å². The number of aromatic nitrogens is 2. The molecule has 1 rings (SSSR count). The van der Waals surface area contributed by atoms with E-state index in [4.69, 9.17) is 0 Å². The van der Waals surface area contributed by atoms with Crippen LogP contribution in [-0.2, 0) is 9.84 Å². The minimum absolute atomic E-state index is 0.113. The Morgan fingerprint density at radius 3 is 2.59 bits per heavy atom. The Balaban J connectivity index is 2.86. The fraction of sp³-hybridized carbons (Fsp3) is 0.600. The second-order valence-electron chi connectivity index (χ2n) is 3.97. The van der Waals surface area contributed by atoms with E-state index in [-0.39, 0.29) is 5.75 Å². The van der Waals surface area contributed by atoms with Crippen molar-refractivity contribution in [1.82, 2.24) is 9.97 Å². The van der Waals surface area contributed by atoms with E-state index < -0.39 is 9.84 Å². The zero-order valence-electron chi connectivity index (χ0n) is 10.6. The monoisotopic (exact) mass is 258 g/mol. The smallest absolute Gasteiger partial charge is 0.149 e. The first-order chi connectivity index (χ1) is 7.85. The fourth-order valence-corrected chi connectivity index (χ4v) is 2.09. The van der Waals surface area contributed by atoms with Gasteiger partial charge in [0.05, 0.1) is 5.75 Å². The third kappa shape index (κ3) is 3.85. The molecule has 6 nitrogen and oxygen atoms in total. The predicted molar refractivity (Wildman–Crippen MR) is 69.3 cm³/mol. The van der Waals surface area contributed by atoms with E-state index >= 15 is 0 Å². The van der Waals surface area contributed by atoms with Crippen molar-refractivity contribution in [3.63, 3.8) is 0 Å². The second-order valence-corrected chi connectivity index (χ2v) is 6.23. The molecule has 7 heteroatoms. The number of hydrogen-bond donors (Lipinski definition) is 1. The van der Waals surface area contributed by atoms with E-state index in [0.717, 1.165) is 17.2 Å². The number of hydrogen-bond acceptors (Lipinski definition) is 6. The van der Waals surface area contributed by atoms with Gasteiger partial charge in [0.25, 0.3) is 0 Å². The molecule has 1 heterocycles. The molecule has 96 valence electrons. The molecule has 0 aromatic carbocycles. The average molecular weight is 258 g/mol. The SMILES string of the molecule is CNc1ncnc(N(C)CCS(C)(=O)=O)c1C. The molecule has 0 aliphatic carbocycles. The molecule has 0 bridgehead atoms. The van der Waals surface area contributed by atoms with Crippen LogP contribution < -0.4 is 10.2 Å². The number of nitrogens with zero attached hydrogens (tertiary/aromatic N) is 3. The molecule has 0 aliphatic rings. The number of nitrogens with one attached hydrogen (secondary N) is 1. The third-order valence-corrected chi connectivity index (χ3v) is 3.38. The lowest BCUT2D eigenvalue weighted by atomic mass is 10.3. The molecule has 17 heavy (non-hydrogen) atoms. The molecule has 0 fully saturated rings. The molecular weight excluding hydrogens is 240 g/mol. The number of rotatable bonds is 5. The quantitative estimate of drug-likeness (QED) is 0.819. The standard InChI is InChI=1S/C10H18N4O2S/c1-8-9(11-2)12-7-13-10(8)14(3)5-6-17(4,15)16/h7H,5-6H2,1-4H3,(H,11,12,13). The minimum atomic E-state index is -2.96. The van der Waals surface area contributed by atoms with Gasteiger partial charge in [-0.25, -0.2) is 18.4 Å². The van der Waals surface area contributed by atoms with Crippen molar-refractivity contribution in [1.29, 1.82) is 0 Å². The van der Waals surface area contributed by atoms with Gasteiger partial charge in [0.1, 0.15) is 27.8 Å². The topological polar surface area (TPSA) is 75.2 Å². The summed E-state index contributed by atoms with van der Waals surface area (Å²) in [6.07, 6.45) is 2.69. The van der Waals surface area contributed by atoms with Crippen LogP contribution in [0.25, 0.3) is 0 Å². The summed E-state index contributed by atoms with van der Waals surface area (Å²) in [5.41, 5.74) is 0.908. The Labute approximate surface area is 102 Å². The zero-order valence-corrected chi connectivity index (χ0v) is 11.4. The highest BCUT2D eigenvalue weighted by atomic mass is 32.2. The van der Waals surface area contributed by atoms with Gasteiger partial charge >= 0.3 is 0 Å². The first kappa shape index (κ1) is 13.7. The highest BCUT2D eigenvalue weighted by molar-refractivity contribution is 7.90. The summed E-state index contributed by atoms with van der Waals surface area (Å²) in [6.45, 7) is 2.32. The Kier molecular flexibility index (Phi) is 4.28. The van der Waals surface area contributed by atoms with Crippen molar-refractivity contribution in [2.24, 2.45) is 0 Å². The molecule has 0 saturated carbocycles. The van der Waals surface area contributed by atoms with Crippen LogP contribution in [0.2, 0.25) is 0 Å². The van der Waals surface area contributed by atoms with Crippen LogP contribution in [0.1, 0.15) is 5.56 Å². The maximum atomic E-state index is 11.1. The molecule has 1 aromatic heterocycles. The normalized spacial score (nSPS) is 11.3. The third-order valence-electron chi connectivity index (χ3n) is 2.45. The zero-order chi connectivity index (χ0) is 13.1. The summed E-state index contributed by atoms with van der Waals surface area (Å²) in [5, 5.41) is 2.97. The van der Waals surface area contributed by atoms with Crippen LogP contribution in [0.15, 0.2) is 6.33 Å². The summed E-state index contributed by atoms with van der Waals surface area (Å²) in [5.74, 6) is 1.61. The molecule has 0 atom stereocenters. The van der Waals surface area contributed by atoms with Crippen molar-refractivity contribution < 1.29 is 8.42 Å². The first-order valence-corrected chi connectivity index (χ1v) is 7.29. The highest BCUT2D eigenvalue weighted by Crippen LogP contribution is 2.20. The maximum Gasteiger partial charge on any atom is 0.149 e. The van der Waals surface area contributed by atoms with Gasteiger partial charge in [-0.3, -0.25) is 0 Å². The Morgan fingerprint density at radius 2 is 2.06 bits per heavy atom. The first-order valence-electron chi connectivity index (χ1n) is 5.23. The Bertz CT molecular complexity index is 487. The molecule has 0 radical (unpaired) electrons. The van der Waals surface area contributed by atoms with Crippen LogP contribution >= 0.6 is 0 Å². The lowest BCUT2D eigenvalue weighted by Crippen LogP contribution is -2.26. The molecule has 0 amide bonds. The summed E-state index contributed by atoms with van der Waals surface area (Å²) < 4.78 is 22.2. The fourth-order valence-electron chi connectivity index (χ4n) is 1.49. The maximum absolute atomic E-state index is 11.1. The van der Waals surface area contributed by atoms with Gasteiger partial charge in [-0.1, -0.05) is 0 Å². The molecular formula is C10H18N4O2S. The van der Waals surface area contributed by atoms with E-state index in [9.17, 15) is 8.42 Å². The van der Waals surface area contributed by atoms with E-state index in [2.05, 4.69) is 15.3 Å². The van der Waals surface area contributed by atoms with Gasteiger partial charge in [0.2, 0.25) is 0 Å². The average Bonchev–Trinajstić information content (AvgIpc) is 2.25. The Hall–Kier alpha value is -1.37. The highest BCUT2D eigenvalue weighted by Gasteiger charge is 2.12. The van der Waals surface area contributed by atoms with E-state index in [1.54, 1.807) is 7.05 Å². The van der Waals surface area contributed by atoms with Gasteiger partial charge < -0.3 is 10.2 Å². The van der Waals surface area contributed by atoms with Crippen molar-refractivity contribution in [3.8, 4) is 0 Å². The molecule has 0 aliphatic heterocycles. The molecule has 1 N–H and O–H groups in total.